The maximum absolute atomic E-state index is 14.7. The van der Waals surface area contributed by atoms with Crippen LogP contribution in [-0.4, -0.2) is 19.3 Å². The molecule has 2 nitrogen and oxygen atoms in total. The minimum atomic E-state index is -0.829. The van der Waals surface area contributed by atoms with Gasteiger partial charge in [-0.2, -0.15) is 4.39 Å². The largest absolute Gasteiger partial charge is 0.490 e. The number of allylic oxidation sites excluding steroid dienone is 2. The zero-order valence-electron chi connectivity index (χ0n) is 20.5. The fraction of sp³-hybridized carbons (Fsp3) is 0.724. The van der Waals surface area contributed by atoms with Gasteiger partial charge in [0, 0.05) is 0 Å². The second kappa shape index (κ2) is 11.8. The van der Waals surface area contributed by atoms with Crippen LogP contribution in [0.1, 0.15) is 96.0 Å². The second-order valence-corrected chi connectivity index (χ2v) is 10.7. The zero-order valence-corrected chi connectivity index (χ0v) is 20.5. The number of hydrogen-bond acceptors (Lipinski definition) is 2. The van der Waals surface area contributed by atoms with Gasteiger partial charge in [-0.1, -0.05) is 25.1 Å². The van der Waals surface area contributed by atoms with E-state index in [0.717, 1.165) is 56.5 Å². The van der Waals surface area contributed by atoms with Crippen molar-refractivity contribution in [3.8, 4) is 5.75 Å². The van der Waals surface area contributed by atoms with Gasteiger partial charge in [0.2, 0.25) is 5.82 Å². The van der Waals surface area contributed by atoms with Crippen LogP contribution < -0.4 is 4.74 Å². The van der Waals surface area contributed by atoms with Crippen molar-refractivity contribution in [1.82, 2.24) is 0 Å². The van der Waals surface area contributed by atoms with Crippen molar-refractivity contribution in [2.75, 3.05) is 13.2 Å². The molecule has 0 N–H and O–H groups in total. The summed E-state index contributed by atoms with van der Waals surface area (Å²) in [6, 6.07) is 3.34. The van der Waals surface area contributed by atoms with Gasteiger partial charge in [-0.05, 0) is 119 Å². The number of rotatable bonds is 7. The van der Waals surface area contributed by atoms with E-state index in [1.54, 1.807) is 12.1 Å². The van der Waals surface area contributed by atoms with Gasteiger partial charge in [0.15, 0.2) is 11.6 Å². The van der Waals surface area contributed by atoms with Crippen LogP contribution in [0.4, 0.5) is 8.78 Å². The Balaban J connectivity index is 1.24. The first-order valence-corrected chi connectivity index (χ1v) is 13.5. The van der Waals surface area contributed by atoms with E-state index in [2.05, 4.69) is 19.1 Å². The molecule has 184 valence electrons. The normalized spacial score (nSPS) is 33.3. The Morgan fingerprint density at radius 3 is 2.21 bits per heavy atom. The molecular formula is C29H42F2O2. The Bertz CT molecular complexity index is 768. The molecule has 3 aliphatic rings. The van der Waals surface area contributed by atoms with Crippen molar-refractivity contribution in [2.24, 2.45) is 23.7 Å². The molecule has 1 saturated heterocycles. The molecule has 2 atom stereocenters. The molecule has 3 fully saturated rings. The van der Waals surface area contributed by atoms with E-state index in [1.165, 1.54) is 38.5 Å². The van der Waals surface area contributed by atoms with Crippen LogP contribution in [0.25, 0.3) is 0 Å². The first kappa shape index (κ1) is 24.7. The molecule has 1 aliphatic heterocycles. The van der Waals surface area contributed by atoms with E-state index in [1.807, 2.05) is 6.92 Å². The minimum Gasteiger partial charge on any atom is -0.490 e. The van der Waals surface area contributed by atoms with E-state index in [0.29, 0.717) is 24.2 Å². The van der Waals surface area contributed by atoms with Crippen molar-refractivity contribution in [1.29, 1.82) is 0 Å². The molecule has 0 amide bonds. The average Bonchev–Trinajstić information content (AvgIpc) is 2.86. The Kier molecular flexibility index (Phi) is 8.85. The monoisotopic (exact) mass is 460 g/mol. The van der Waals surface area contributed by atoms with Gasteiger partial charge in [-0.15, -0.1) is 0 Å². The van der Waals surface area contributed by atoms with Crippen LogP contribution in [-0.2, 0) is 4.74 Å². The highest BCUT2D eigenvalue weighted by Gasteiger charge is 2.36. The van der Waals surface area contributed by atoms with Crippen LogP contribution in [0, 0.1) is 35.3 Å². The van der Waals surface area contributed by atoms with Crippen LogP contribution >= 0.6 is 0 Å². The summed E-state index contributed by atoms with van der Waals surface area (Å²) >= 11 is 0. The van der Waals surface area contributed by atoms with Gasteiger partial charge in [0.05, 0.1) is 19.3 Å². The highest BCUT2D eigenvalue weighted by molar-refractivity contribution is 5.33. The average molecular weight is 461 g/mol. The van der Waals surface area contributed by atoms with Crippen molar-refractivity contribution < 1.29 is 18.3 Å². The summed E-state index contributed by atoms with van der Waals surface area (Å²) in [4.78, 5) is 0. The summed E-state index contributed by atoms with van der Waals surface area (Å²) in [5.74, 6) is 1.51. The van der Waals surface area contributed by atoms with Crippen LogP contribution in [0.3, 0.4) is 0 Å². The molecule has 1 aromatic carbocycles. The van der Waals surface area contributed by atoms with E-state index >= 15 is 0 Å². The quantitative estimate of drug-likeness (QED) is 0.382. The van der Waals surface area contributed by atoms with E-state index in [-0.39, 0.29) is 11.7 Å². The molecular weight excluding hydrogens is 418 g/mol. The lowest BCUT2D eigenvalue weighted by molar-refractivity contribution is -0.0719. The molecule has 4 rings (SSSR count). The van der Waals surface area contributed by atoms with Gasteiger partial charge >= 0.3 is 0 Å². The summed E-state index contributed by atoms with van der Waals surface area (Å²) in [5.41, 5.74) is 0.521. The molecule has 0 spiro atoms. The lowest BCUT2D eigenvalue weighted by atomic mass is 9.71. The molecule has 0 bridgehead atoms. The zero-order chi connectivity index (χ0) is 23.2. The van der Waals surface area contributed by atoms with Crippen molar-refractivity contribution in [3.63, 3.8) is 0 Å². The maximum atomic E-state index is 14.7. The molecule has 2 unspecified atom stereocenters. The van der Waals surface area contributed by atoms with Crippen molar-refractivity contribution in [2.45, 2.75) is 96.5 Å². The fourth-order valence-electron chi connectivity index (χ4n) is 6.60. The number of ether oxygens (including phenoxy) is 2. The van der Waals surface area contributed by atoms with E-state index < -0.39 is 11.6 Å². The van der Waals surface area contributed by atoms with Crippen LogP contribution in [0.2, 0.25) is 0 Å². The van der Waals surface area contributed by atoms with Gasteiger partial charge in [0.25, 0.3) is 0 Å². The summed E-state index contributed by atoms with van der Waals surface area (Å²) in [7, 11) is 0. The predicted octanol–water partition coefficient (Wildman–Crippen LogP) is 8.21. The highest BCUT2D eigenvalue weighted by Crippen LogP contribution is 2.44. The number of halogens is 2. The third-order valence-corrected chi connectivity index (χ3v) is 8.57. The molecule has 1 heterocycles. The first-order chi connectivity index (χ1) is 16.1. The van der Waals surface area contributed by atoms with Crippen molar-refractivity contribution in [3.05, 3.63) is 41.5 Å². The van der Waals surface area contributed by atoms with Gasteiger partial charge in [-0.25, -0.2) is 4.39 Å². The number of benzene rings is 1. The Labute approximate surface area is 199 Å². The van der Waals surface area contributed by atoms with Crippen LogP contribution in [0.5, 0.6) is 5.75 Å². The van der Waals surface area contributed by atoms with Crippen LogP contribution in [0.15, 0.2) is 24.3 Å². The summed E-state index contributed by atoms with van der Waals surface area (Å²) in [6.45, 7) is 5.40. The predicted molar refractivity (Wildman–Crippen MR) is 130 cm³/mol. The molecule has 33 heavy (non-hydrogen) atoms. The highest BCUT2D eigenvalue weighted by atomic mass is 19.2. The third-order valence-electron chi connectivity index (χ3n) is 8.57. The third kappa shape index (κ3) is 5.99. The number of hydrogen-bond donors (Lipinski definition) is 0. The molecule has 1 aromatic rings. The van der Waals surface area contributed by atoms with E-state index in [9.17, 15) is 8.78 Å². The summed E-state index contributed by atoms with van der Waals surface area (Å²) in [5, 5.41) is 0. The Hall–Kier alpha value is -1.42. The minimum absolute atomic E-state index is 0.0345. The van der Waals surface area contributed by atoms with Crippen molar-refractivity contribution >= 4 is 0 Å². The molecule has 0 aromatic heterocycles. The molecule has 4 heteroatoms. The fourth-order valence-corrected chi connectivity index (χ4v) is 6.60. The standard InChI is InChI=1S/C29H42F2O2/c1-3-5-20-6-8-21(9-7-20)24-14-16-26(33-19-24)23-12-10-22(11-13-23)25-15-17-27(32-18-4-2)29(31)28(25)30/h3,5,15,17,20-24,26H,4,6-14,16,18-19H2,1-2H3. The summed E-state index contributed by atoms with van der Waals surface area (Å²) < 4.78 is 40.9. The lowest BCUT2D eigenvalue weighted by Crippen LogP contribution is -2.37. The first-order valence-electron chi connectivity index (χ1n) is 13.5. The smallest absolute Gasteiger partial charge is 0.200 e. The van der Waals surface area contributed by atoms with Gasteiger partial charge in [-0.3, -0.25) is 0 Å². The Morgan fingerprint density at radius 2 is 1.58 bits per heavy atom. The summed E-state index contributed by atoms with van der Waals surface area (Å²) in [6.07, 6.45) is 17.5. The lowest BCUT2D eigenvalue weighted by Gasteiger charge is -2.41. The van der Waals surface area contributed by atoms with Gasteiger partial charge in [0.1, 0.15) is 0 Å². The van der Waals surface area contributed by atoms with E-state index in [4.69, 9.17) is 9.47 Å². The molecule has 2 saturated carbocycles. The SMILES string of the molecule is CC=CC1CCC(C2CCC(C3CCC(c4ccc(OCCC)c(F)c4F)CC3)OC2)CC1. The molecule has 2 aliphatic carbocycles. The molecule has 0 radical (unpaired) electrons. The topological polar surface area (TPSA) is 18.5 Å². The Morgan fingerprint density at radius 1 is 0.879 bits per heavy atom. The maximum Gasteiger partial charge on any atom is 0.200 e. The van der Waals surface area contributed by atoms with Gasteiger partial charge < -0.3 is 9.47 Å². The second-order valence-electron chi connectivity index (χ2n) is 10.7.